The Kier molecular flexibility index (Phi) is 9.66. The first-order valence-electron chi connectivity index (χ1n) is 7.79. The molecule has 2 amide bonds. The monoisotopic (exact) mass is 322 g/mol. The van der Waals surface area contributed by atoms with Gasteiger partial charge in [-0.1, -0.05) is 30.3 Å². The van der Waals surface area contributed by atoms with Crippen LogP contribution in [0.5, 0.6) is 0 Å². The lowest BCUT2D eigenvalue weighted by molar-refractivity contribution is -0.131. The van der Waals surface area contributed by atoms with Gasteiger partial charge in [0, 0.05) is 40.5 Å². The number of carbonyl (C=O) groups is 2. The number of ether oxygens (including phenoxy) is 2. The summed E-state index contributed by atoms with van der Waals surface area (Å²) in [5.41, 5.74) is 0.681. The van der Waals surface area contributed by atoms with Crippen molar-refractivity contribution in [2.75, 3.05) is 40.5 Å². The summed E-state index contributed by atoms with van der Waals surface area (Å²) in [5, 5.41) is 5.59. The van der Waals surface area contributed by atoms with E-state index in [1.807, 2.05) is 18.2 Å². The number of nitrogens with one attached hydrogen (secondary N) is 2. The largest absolute Gasteiger partial charge is 0.385 e. The molecule has 1 aromatic rings. The Morgan fingerprint density at radius 3 is 1.83 bits per heavy atom. The SMILES string of the molecule is COCCCNC(=O)C(C(=O)NCCCOC)c1ccccc1. The Morgan fingerprint density at radius 1 is 0.913 bits per heavy atom. The van der Waals surface area contributed by atoms with Crippen LogP contribution in [0.3, 0.4) is 0 Å². The van der Waals surface area contributed by atoms with Gasteiger partial charge in [-0.25, -0.2) is 0 Å². The van der Waals surface area contributed by atoms with Crippen molar-refractivity contribution in [3.05, 3.63) is 35.9 Å². The average Bonchev–Trinajstić information content (AvgIpc) is 2.57. The van der Waals surface area contributed by atoms with Crippen molar-refractivity contribution in [2.45, 2.75) is 18.8 Å². The maximum Gasteiger partial charge on any atom is 0.237 e. The van der Waals surface area contributed by atoms with E-state index in [1.54, 1.807) is 26.4 Å². The van der Waals surface area contributed by atoms with Gasteiger partial charge >= 0.3 is 0 Å². The molecule has 0 spiro atoms. The molecule has 0 unspecified atom stereocenters. The number of amides is 2. The molecule has 0 saturated carbocycles. The van der Waals surface area contributed by atoms with Crippen molar-refractivity contribution < 1.29 is 19.1 Å². The van der Waals surface area contributed by atoms with Crippen LogP contribution in [0, 0.1) is 0 Å². The van der Waals surface area contributed by atoms with Crippen molar-refractivity contribution >= 4 is 11.8 Å². The molecule has 0 heterocycles. The number of hydrogen-bond donors (Lipinski definition) is 2. The van der Waals surface area contributed by atoms with Crippen LogP contribution in [0.25, 0.3) is 0 Å². The molecule has 1 aromatic carbocycles. The zero-order valence-corrected chi connectivity index (χ0v) is 13.8. The molecule has 128 valence electrons. The van der Waals surface area contributed by atoms with Crippen LogP contribution < -0.4 is 10.6 Å². The summed E-state index contributed by atoms with van der Waals surface area (Å²) in [6, 6.07) is 9.06. The Labute approximate surface area is 137 Å². The number of benzene rings is 1. The highest BCUT2D eigenvalue weighted by Gasteiger charge is 2.27. The fraction of sp³-hybridized carbons (Fsp3) is 0.529. The van der Waals surface area contributed by atoms with Crippen LogP contribution in [-0.4, -0.2) is 52.3 Å². The molecular formula is C17H26N2O4. The molecule has 6 heteroatoms. The van der Waals surface area contributed by atoms with Gasteiger partial charge in [0.15, 0.2) is 0 Å². The lowest BCUT2D eigenvalue weighted by atomic mass is 9.97. The fourth-order valence-corrected chi connectivity index (χ4v) is 2.13. The van der Waals surface area contributed by atoms with Crippen molar-refractivity contribution in [2.24, 2.45) is 0 Å². The van der Waals surface area contributed by atoms with Gasteiger partial charge in [-0.05, 0) is 18.4 Å². The summed E-state index contributed by atoms with van der Waals surface area (Å²) in [6.45, 7) is 2.10. The highest BCUT2D eigenvalue weighted by Crippen LogP contribution is 2.16. The summed E-state index contributed by atoms with van der Waals surface area (Å²) in [6.07, 6.45) is 1.42. The minimum atomic E-state index is -0.846. The van der Waals surface area contributed by atoms with E-state index in [-0.39, 0.29) is 11.8 Å². The van der Waals surface area contributed by atoms with Crippen molar-refractivity contribution in [1.82, 2.24) is 10.6 Å². The highest BCUT2D eigenvalue weighted by molar-refractivity contribution is 6.05. The summed E-state index contributed by atoms with van der Waals surface area (Å²) in [4.78, 5) is 24.8. The maximum absolute atomic E-state index is 12.4. The average molecular weight is 322 g/mol. The minimum absolute atomic E-state index is 0.295. The zero-order chi connectivity index (χ0) is 16.9. The van der Waals surface area contributed by atoms with Crippen LogP contribution in [0.4, 0.5) is 0 Å². The molecule has 0 bridgehead atoms. The minimum Gasteiger partial charge on any atom is -0.385 e. The number of rotatable bonds is 11. The highest BCUT2D eigenvalue weighted by atomic mass is 16.5. The lowest BCUT2D eigenvalue weighted by Gasteiger charge is -2.17. The van der Waals surface area contributed by atoms with Crippen LogP contribution in [-0.2, 0) is 19.1 Å². The second kappa shape index (κ2) is 11.6. The predicted molar refractivity (Wildman–Crippen MR) is 88.2 cm³/mol. The van der Waals surface area contributed by atoms with Crippen molar-refractivity contribution in [3.63, 3.8) is 0 Å². The number of hydrogen-bond acceptors (Lipinski definition) is 4. The lowest BCUT2D eigenvalue weighted by Crippen LogP contribution is -2.40. The van der Waals surface area contributed by atoms with Crippen LogP contribution in [0.2, 0.25) is 0 Å². The van der Waals surface area contributed by atoms with E-state index in [9.17, 15) is 9.59 Å². The van der Waals surface area contributed by atoms with E-state index in [2.05, 4.69) is 10.6 Å². The normalized spacial score (nSPS) is 10.6. The third kappa shape index (κ3) is 7.25. The summed E-state index contributed by atoms with van der Waals surface area (Å²) in [7, 11) is 3.23. The molecule has 6 nitrogen and oxygen atoms in total. The molecule has 23 heavy (non-hydrogen) atoms. The number of carbonyl (C=O) groups excluding carboxylic acids is 2. The first-order valence-corrected chi connectivity index (χ1v) is 7.79. The van der Waals surface area contributed by atoms with Crippen LogP contribution >= 0.6 is 0 Å². The molecule has 0 aliphatic carbocycles. The molecule has 0 atom stereocenters. The van der Waals surface area contributed by atoms with Crippen LogP contribution in [0.1, 0.15) is 24.3 Å². The molecule has 0 radical (unpaired) electrons. The van der Waals surface area contributed by atoms with E-state index in [0.29, 0.717) is 44.7 Å². The van der Waals surface area contributed by atoms with Crippen molar-refractivity contribution in [3.8, 4) is 0 Å². The molecule has 0 aromatic heterocycles. The molecule has 0 aliphatic heterocycles. The van der Waals surface area contributed by atoms with Gasteiger partial charge in [0.25, 0.3) is 0 Å². The smallest absolute Gasteiger partial charge is 0.237 e. The van der Waals surface area contributed by atoms with E-state index < -0.39 is 5.92 Å². The van der Waals surface area contributed by atoms with Gasteiger partial charge in [-0.3, -0.25) is 9.59 Å². The molecule has 1 rings (SSSR count). The van der Waals surface area contributed by atoms with Crippen molar-refractivity contribution in [1.29, 1.82) is 0 Å². The molecule has 2 N–H and O–H groups in total. The first-order chi connectivity index (χ1) is 11.2. The third-order valence-electron chi connectivity index (χ3n) is 3.31. The van der Waals surface area contributed by atoms with E-state index in [0.717, 1.165) is 0 Å². The predicted octanol–water partition coefficient (Wildman–Crippen LogP) is 1.08. The van der Waals surface area contributed by atoms with Crippen LogP contribution in [0.15, 0.2) is 30.3 Å². The summed E-state index contributed by atoms with van der Waals surface area (Å²) in [5.74, 6) is -1.44. The second-order valence-corrected chi connectivity index (χ2v) is 5.12. The molecular weight excluding hydrogens is 296 g/mol. The van der Waals surface area contributed by atoms with Gasteiger partial charge in [0.05, 0.1) is 0 Å². The molecule has 0 fully saturated rings. The Bertz CT molecular complexity index is 441. The summed E-state index contributed by atoms with van der Waals surface area (Å²) >= 11 is 0. The third-order valence-corrected chi connectivity index (χ3v) is 3.31. The topological polar surface area (TPSA) is 76.7 Å². The van der Waals surface area contributed by atoms with Gasteiger partial charge in [-0.15, -0.1) is 0 Å². The van der Waals surface area contributed by atoms with Gasteiger partial charge < -0.3 is 20.1 Å². The first kappa shape index (κ1) is 19.1. The quantitative estimate of drug-likeness (QED) is 0.472. The van der Waals surface area contributed by atoms with E-state index >= 15 is 0 Å². The Hall–Kier alpha value is -1.92. The molecule has 0 saturated heterocycles. The second-order valence-electron chi connectivity index (χ2n) is 5.12. The number of methoxy groups -OCH3 is 2. The Morgan fingerprint density at radius 2 is 1.39 bits per heavy atom. The fourth-order valence-electron chi connectivity index (χ4n) is 2.13. The Balaban J connectivity index is 2.65. The maximum atomic E-state index is 12.4. The van der Waals surface area contributed by atoms with Gasteiger partial charge in [0.2, 0.25) is 11.8 Å². The van der Waals surface area contributed by atoms with E-state index in [4.69, 9.17) is 9.47 Å². The standard InChI is InChI=1S/C17H26N2O4/c1-22-12-6-10-18-16(20)15(14-8-4-3-5-9-14)17(21)19-11-7-13-23-2/h3-5,8-9,15H,6-7,10-13H2,1-2H3,(H,18,20)(H,19,21). The summed E-state index contributed by atoms with van der Waals surface area (Å²) < 4.78 is 9.90. The van der Waals surface area contributed by atoms with E-state index in [1.165, 1.54) is 0 Å². The van der Waals surface area contributed by atoms with Gasteiger partial charge in [-0.2, -0.15) is 0 Å². The van der Waals surface area contributed by atoms with Gasteiger partial charge in [0.1, 0.15) is 5.92 Å². The molecule has 0 aliphatic rings. The zero-order valence-electron chi connectivity index (χ0n) is 13.8.